The van der Waals surface area contributed by atoms with Gasteiger partial charge in [-0.05, 0) is 41.0 Å². The van der Waals surface area contributed by atoms with Crippen LogP contribution in [0.1, 0.15) is 34.3 Å². The number of carboxylic acid groups (broad SMARTS) is 1. The standard InChI is InChI=1S/C23H18ClF4NO4/c1-12(22(33,23(26,27)28)15-5-8-20(30)29(2)11-15)16-6-3-13(9-18(16)24)14-4-7-17(21(31)32)19(25)10-14/h3-12,33H,1-2H3,(H,31,32). The van der Waals surface area contributed by atoms with Gasteiger partial charge in [0.25, 0.3) is 0 Å². The van der Waals surface area contributed by atoms with Crippen LogP contribution < -0.4 is 5.56 Å². The second-order valence-corrected chi connectivity index (χ2v) is 8.00. The lowest BCUT2D eigenvalue weighted by atomic mass is 9.78. The molecule has 3 rings (SSSR count). The Kier molecular flexibility index (Phi) is 6.41. The van der Waals surface area contributed by atoms with Crippen LogP contribution in [0.2, 0.25) is 5.02 Å². The van der Waals surface area contributed by atoms with Crippen LogP contribution in [-0.4, -0.2) is 26.9 Å². The molecule has 0 aliphatic rings. The van der Waals surface area contributed by atoms with E-state index in [1.54, 1.807) is 0 Å². The minimum atomic E-state index is -5.11. The average Bonchev–Trinajstić information content (AvgIpc) is 2.73. The van der Waals surface area contributed by atoms with Crippen molar-refractivity contribution >= 4 is 17.6 Å². The number of hydrogen-bond donors (Lipinski definition) is 2. The number of hydrogen-bond acceptors (Lipinski definition) is 3. The van der Waals surface area contributed by atoms with E-state index in [9.17, 15) is 32.3 Å². The fraction of sp³-hybridized carbons (Fsp3) is 0.217. The van der Waals surface area contributed by atoms with Gasteiger partial charge in [0.15, 0.2) is 5.60 Å². The van der Waals surface area contributed by atoms with Crippen LogP contribution in [0.15, 0.2) is 59.5 Å². The molecule has 10 heteroatoms. The van der Waals surface area contributed by atoms with Crippen molar-refractivity contribution in [3.05, 3.63) is 92.6 Å². The normalized spacial score (nSPS) is 14.5. The molecule has 0 aliphatic carbocycles. The molecule has 1 aromatic heterocycles. The zero-order chi connectivity index (χ0) is 24.7. The summed E-state index contributed by atoms with van der Waals surface area (Å²) in [7, 11) is 1.27. The molecule has 174 valence electrons. The first-order valence-corrected chi connectivity index (χ1v) is 9.94. The van der Waals surface area contributed by atoms with Crippen LogP contribution in [0, 0.1) is 5.82 Å². The molecule has 0 radical (unpaired) electrons. The molecule has 3 aromatic rings. The molecule has 0 amide bonds. The Balaban J connectivity index is 2.08. The van der Waals surface area contributed by atoms with Crippen molar-refractivity contribution in [2.45, 2.75) is 24.6 Å². The SMILES string of the molecule is CC(c1ccc(-c2ccc(C(=O)O)c(F)c2)cc1Cl)C(O)(c1ccc(=O)n(C)c1)C(F)(F)F. The molecule has 33 heavy (non-hydrogen) atoms. The van der Waals surface area contributed by atoms with E-state index in [1.807, 2.05) is 0 Å². The minimum absolute atomic E-state index is 0.0308. The predicted molar refractivity (Wildman–Crippen MR) is 114 cm³/mol. The van der Waals surface area contributed by atoms with Gasteiger partial charge in [-0.1, -0.05) is 36.7 Å². The van der Waals surface area contributed by atoms with Gasteiger partial charge in [-0.15, -0.1) is 0 Å². The summed E-state index contributed by atoms with van der Waals surface area (Å²) in [6.07, 6.45) is -4.19. The summed E-state index contributed by atoms with van der Waals surface area (Å²) in [6.45, 7) is 1.15. The van der Waals surface area contributed by atoms with Gasteiger partial charge in [0.05, 0.1) is 5.56 Å². The number of halogens is 5. The summed E-state index contributed by atoms with van der Waals surface area (Å²) >= 11 is 6.27. The zero-order valence-corrected chi connectivity index (χ0v) is 18.1. The lowest BCUT2D eigenvalue weighted by Crippen LogP contribution is -2.47. The van der Waals surface area contributed by atoms with E-state index in [1.165, 1.54) is 31.3 Å². The number of aromatic nitrogens is 1. The van der Waals surface area contributed by atoms with Crippen LogP contribution in [0.5, 0.6) is 0 Å². The first kappa shape index (κ1) is 24.5. The van der Waals surface area contributed by atoms with Gasteiger partial charge < -0.3 is 14.8 Å². The molecule has 0 fully saturated rings. The van der Waals surface area contributed by atoms with Crippen molar-refractivity contribution in [2.75, 3.05) is 0 Å². The predicted octanol–water partition coefficient (Wildman–Crippen LogP) is 5.10. The van der Waals surface area contributed by atoms with E-state index in [0.29, 0.717) is 5.56 Å². The van der Waals surface area contributed by atoms with Crippen molar-refractivity contribution in [1.82, 2.24) is 4.57 Å². The molecular weight excluding hydrogens is 466 g/mol. The Hall–Kier alpha value is -3.17. The number of carboxylic acids is 1. The summed E-state index contributed by atoms with van der Waals surface area (Å²) < 4.78 is 57.3. The third-order valence-corrected chi connectivity index (χ3v) is 5.91. The molecule has 0 saturated carbocycles. The Labute approximate surface area is 190 Å². The Bertz CT molecular complexity index is 1290. The molecule has 1 heterocycles. The van der Waals surface area contributed by atoms with Gasteiger partial charge in [0.2, 0.25) is 5.56 Å². The highest BCUT2D eigenvalue weighted by Gasteiger charge is 2.59. The quantitative estimate of drug-likeness (QED) is 0.495. The summed E-state index contributed by atoms with van der Waals surface area (Å²) in [4.78, 5) is 22.6. The second-order valence-electron chi connectivity index (χ2n) is 7.59. The molecule has 2 N–H and O–H groups in total. The van der Waals surface area contributed by atoms with Gasteiger partial charge in [-0.25, -0.2) is 9.18 Å². The molecule has 2 atom stereocenters. The first-order valence-electron chi connectivity index (χ1n) is 9.56. The number of aromatic carboxylic acids is 1. The summed E-state index contributed by atoms with van der Waals surface area (Å²) in [5.41, 5.74) is -4.39. The topological polar surface area (TPSA) is 79.5 Å². The second kappa shape index (κ2) is 8.64. The summed E-state index contributed by atoms with van der Waals surface area (Å²) in [5, 5.41) is 19.7. The smallest absolute Gasteiger partial charge is 0.422 e. The van der Waals surface area contributed by atoms with Crippen molar-refractivity contribution in [1.29, 1.82) is 0 Å². The zero-order valence-electron chi connectivity index (χ0n) is 17.3. The molecule has 2 aromatic carbocycles. The van der Waals surface area contributed by atoms with Crippen LogP contribution in [-0.2, 0) is 12.6 Å². The van der Waals surface area contributed by atoms with Crippen molar-refractivity contribution in [3.8, 4) is 11.1 Å². The number of rotatable bonds is 5. The van der Waals surface area contributed by atoms with Crippen molar-refractivity contribution in [2.24, 2.45) is 7.05 Å². The minimum Gasteiger partial charge on any atom is -0.478 e. The highest BCUT2D eigenvalue weighted by Crippen LogP contribution is 2.49. The molecule has 2 unspecified atom stereocenters. The van der Waals surface area contributed by atoms with Crippen LogP contribution in [0.25, 0.3) is 11.1 Å². The number of aliphatic hydroxyl groups is 1. The highest BCUT2D eigenvalue weighted by atomic mass is 35.5. The molecule has 0 spiro atoms. The maximum Gasteiger partial charge on any atom is 0.422 e. The summed E-state index contributed by atoms with van der Waals surface area (Å²) in [6, 6.07) is 9.22. The number of carbonyl (C=O) groups is 1. The number of nitrogens with zero attached hydrogens (tertiary/aromatic N) is 1. The fourth-order valence-corrected chi connectivity index (χ4v) is 3.97. The van der Waals surface area contributed by atoms with Gasteiger partial charge in [-0.3, -0.25) is 4.79 Å². The molecule has 0 saturated heterocycles. The lowest BCUT2D eigenvalue weighted by molar-refractivity contribution is -0.274. The van der Waals surface area contributed by atoms with Gasteiger partial charge in [-0.2, -0.15) is 13.2 Å². The van der Waals surface area contributed by atoms with E-state index >= 15 is 0 Å². The highest BCUT2D eigenvalue weighted by molar-refractivity contribution is 6.31. The van der Waals surface area contributed by atoms with Crippen LogP contribution in [0.4, 0.5) is 17.6 Å². The first-order chi connectivity index (χ1) is 15.3. The average molecular weight is 484 g/mol. The van der Waals surface area contributed by atoms with Gasteiger partial charge in [0, 0.05) is 35.8 Å². The third-order valence-electron chi connectivity index (χ3n) is 5.58. The number of aryl methyl sites for hydroxylation is 1. The third kappa shape index (κ3) is 4.38. The van der Waals surface area contributed by atoms with E-state index < -0.39 is 46.2 Å². The Morgan fingerprint density at radius 1 is 1.06 bits per heavy atom. The van der Waals surface area contributed by atoms with E-state index in [-0.39, 0.29) is 16.1 Å². The van der Waals surface area contributed by atoms with E-state index in [4.69, 9.17) is 16.7 Å². The van der Waals surface area contributed by atoms with E-state index in [2.05, 4.69) is 0 Å². The van der Waals surface area contributed by atoms with Crippen molar-refractivity contribution < 1.29 is 32.6 Å². The van der Waals surface area contributed by atoms with Gasteiger partial charge >= 0.3 is 12.1 Å². The number of alkyl halides is 3. The number of pyridine rings is 1. The fourth-order valence-electron chi connectivity index (χ4n) is 3.63. The number of benzene rings is 2. The molecule has 0 bridgehead atoms. The van der Waals surface area contributed by atoms with Crippen LogP contribution >= 0.6 is 11.6 Å². The van der Waals surface area contributed by atoms with Gasteiger partial charge in [0.1, 0.15) is 5.82 Å². The summed E-state index contributed by atoms with van der Waals surface area (Å²) in [5.74, 6) is -4.00. The molecule has 5 nitrogen and oxygen atoms in total. The maximum absolute atomic E-state index is 14.1. The lowest BCUT2D eigenvalue weighted by Gasteiger charge is -2.37. The largest absolute Gasteiger partial charge is 0.478 e. The van der Waals surface area contributed by atoms with E-state index in [0.717, 1.165) is 42.0 Å². The monoisotopic (exact) mass is 483 g/mol. The maximum atomic E-state index is 14.1. The molecular formula is C23H18ClF4NO4. The van der Waals surface area contributed by atoms with Crippen molar-refractivity contribution in [3.63, 3.8) is 0 Å². The Morgan fingerprint density at radius 3 is 2.18 bits per heavy atom. The Morgan fingerprint density at radius 2 is 1.67 bits per heavy atom. The van der Waals surface area contributed by atoms with Crippen LogP contribution in [0.3, 0.4) is 0 Å². The molecule has 0 aliphatic heterocycles.